The van der Waals surface area contributed by atoms with Crippen LogP contribution in [0.15, 0.2) is 30.3 Å². The van der Waals surface area contributed by atoms with Gasteiger partial charge in [-0.3, -0.25) is 9.59 Å². The fourth-order valence-electron chi connectivity index (χ4n) is 2.29. The van der Waals surface area contributed by atoms with Gasteiger partial charge in [-0.1, -0.05) is 12.1 Å². The normalized spacial score (nSPS) is 10.4. The maximum atomic E-state index is 12.5. The van der Waals surface area contributed by atoms with E-state index in [1.807, 2.05) is 37.3 Å². The molecule has 0 spiro atoms. The van der Waals surface area contributed by atoms with Gasteiger partial charge in [0.15, 0.2) is 0 Å². The predicted octanol–water partition coefficient (Wildman–Crippen LogP) is 3.28. The molecule has 2 aromatic rings. The average Bonchev–Trinajstić information content (AvgIpc) is 2.93. The van der Waals surface area contributed by atoms with Crippen molar-refractivity contribution >= 4 is 23.2 Å². The molecular formula is C17H19NO4S. The highest BCUT2D eigenvalue weighted by Gasteiger charge is 2.20. The summed E-state index contributed by atoms with van der Waals surface area (Å²) in [5.74, 6) is -0.483. The number of nitrogens with zero attached hydrogens (tertiary/aromatic N) is 1. The molecule has 0 aliphatic rings. The van der Waals surface area contributed by atoms with E-state index in [9.17, 15) is 9.59 Å². The number of aliphatic carboxylic acids is 1. The lowest BCUT2D eigenvalue weighted by molar-refractivity contribution is -0.137. The predicted molar refractivity (Wildman–Crippen MR) is 90.3 cm³/mol. The molecule has 122 valence electrons. The molecule has 0 aliphatic carbocycles. The summed E-state index contributed by atoms with van der Waals surface area (Å²) in [5.41, 5.74) is 1.98. The summed E-state index contributed by atoms with van der Waals surface area (Å²) < 4.78 is 5.15. The van der Waals surface area contributed by atoms with Gasteiger partial charge in [0.05, 0.1) is 12.0 Å². The third-order valence-electron chi connectivity index (χ3n) is 3.52. The number of hydrogen-bond donors (Lipinski definition) is 1. The molecule has 0 radical (unpaired) electrons. The molecule has 0 fully saturated rings. The van der Waals surface area contributed by atoms with Crippen LogP contribution in [-0.2, 0) is 4.79 Å². The topological polar surface area (TPSA) is 66.8 Å². The van der Waals surface area contributed by atoms with Crippen LogP contribution in [0.1, 0.15) is 21.5 Å². The van der Waals surface area contributed by atoms with Crippen LogP contribution in [0.5, 0.6) is 5.75 Å². The summed E-state index contributed by atoms with van der Waals surface area (Å²) in [4.78, 5) is 26.2. The molecule has 2 rings (SSSR count). The second kappa shape index (κ2) is 7.28. The molecular weight excluding hydrogens is 314 g/mol. The molecule has 1 heterocycles. The number of hydrogen-bond acceptors (Lipinski definition) is 4. The molecule has 1 N–H and O–H groups in total. The Morgan fingerprint density at radius 2 is 1.91 bits per heavy atom. The number of benzene rings is 1. The molecule has 6 heteroatoms. The molecule has 23 heavy (non-hydrogen) atoms. The summed E-state index contributed by atoms with van der Waals surface area (Å²) in [6.07, 6.45) is 0. The molecule has 1 amide bonds. The molecule has 1 aromatic heterocycles. The maximum Gasteiger partial charge on any atom is 0.323 e. The maximum absolute atomic E-state index is 12.5. The molecule has 0 aliphatic heterocycles. The SMILES string of the molecule is CCN(CC(=O)O)C(=O)c1cc(-c2ccc(OC)cc2)c(C)s1. The highest BCUT2D eigenvalue weighted by molar-refractivity contribution is 7.14. The van der Waals surface area contributed by atoms with E-state index in [0.717, 1.165) is 21.8 Å². The summed E-state index contributed by atoms with van der Waals surface area (Å²) >= 11 is 1.38. The first-order valence-electron chi connectivity index (χ1n) is 7.22. The zero-order chi connectivity index (χ0) is 17.0. The van der Waals surface area contributed by atoms with Gasteiger partial charge in [0, 0.05) is 11.4 Å². The van der Waals surface area contributed by atoms with Gasteiger partial charge in [-0.25, -0.2) is 0 Å². The second-order valence-electron chi connectivity index (χ2n) is 5.02. The molecule has 5 nitrogen and oxygen atoms in total. The highest BCUT2D eigenvalue weighted by Crippen LogP contribution is 2.32. The molecule has 1 aromatic carbocycles. The van der Waals surface area contributed by atoms with Crippen molar-refractivity contribution in [2.24, 2.45) is 0 Å². The molecule has 0 atom stereocenters. The Bertz CT molecular complexity index is 706. The number of ether oxygens (including phenoxy) is 1. The van der Waals surface area contributed by atoms with E-state index in [1.165, 1.54) is 16.2 Å². The monoisotopic (exact) mass is 333 g/mol. The summed E-state index contributed by atoms with van der Waals surface area (Å²) in [5, 5.41) is 8.90. The zero-order valence-corrected chi connectivity index (χ0v) is 14.1. The molecule has 0 saturated carbocycles. The minimum absolute atomic E-state index is 0.247. The standard InChI is InChI=1S/C17H19NO4S/c1-4-18(10-16(19)20)17(21)15-9-14(11(2)23-15)12-5-7-13(22-3)8-6-12/h5-9H,4,10H2,1-3H3,(H,19,20). The van der Waals surface area contributed by atoms with Gasteiger partial charge in [0.25, 0.3) is 5.91 Å². The van der Waals surface area contributed by atoms with Crippen LogP contribution in [0.4, 0.5) is 0 Å². The Hall–Kier alpha value is -2.34. The second-order valence-corrected chi connectivity index (χ2v) is 6.28. The lowest BCUT2D eigenvalue weighted by Gasteiger charge is -2.17. The van der Waals surface area contributed by atoms with Crippen LogP contribution in [0, 0.1) is 6.92 Å². The summed E-state index contributed by atoms with van der Waals surface area (Å²) in [6, 6.07) is 9.45. The van der Waals surface area contributed by atoms with Gasteiger partial charge in [-0.05, 0) is 43.2 Å². The van der Waals surface area contributed by atoms with Crippen LogP contribution in [-0.4, -0.2) is 42.1 Å². The Morgan fingerprint density at radius 3 is 2.43 bits per heavy atom. The number of carbonyl (C=O) groups is 2. The Balaban J connectivity index is 2.29. The third-order valence-corrected chi connectivity index (χ3v) is 4.56. The zero-order valence-electron chi connectivity index (χ0n) is 13.3. The van der Waals surface area contributed by atoms with Gasteiger partial charge < -0.3 is 14.7 Å². The molecule has 0 bridgehead atoms. The quantitative estimate of drug-likeness (QED) is 0.881. The van der Waals surface area contributed by atoms with Crippen LogP contribution in [0.3, 0.4) is 0 Å². The third kappa shape index (κ3) is 3.90. The lowest BCUT2D eigenvalue weighted by atomic mass is 10.1. The fourth-order valence-corrected chi connectivity index (χ4v) is 3.30. The van der Waals surface area contributed by atoms with Gasteiger partial charge in [-0.2, -0.15) is 0 Å². The van der Waals surface area contributed by atoms with E-state index in [4.69, 9.17) is 9.84 Å². The largest absolute Gasteiger partial charge is 0.497 e. The highest BCUT2D eigenvalue weighted by atomic mass is 32.1. The number of carboxylic acids is 1. The van der Waals surface area contributed by atoms with Gasteiger partial charge in [-0.15, -0.1) is 11.3 Å². The Morgan fingerprint density at radius 1 is 1.26 bits per heavy atom. The first-order chi connectivity index (χ1) is 11.0. The number of methoxy groups -OCH3 is 1. The van der Waals surface area contributed by atoms with Crippen molar-refractivity contribution in [2.45, 2.75) is 13.8 Å². The first-order valence-corrected chi connectivity index (χ1v) is 8.03. The van der Waals surface area contributed by atoms with Crippen molar-refractivity contribution in [3.63, 3.8) is 0 Å². The van der Waals surface area contributed by atoms with E-state index >= 15 is 0 Å². The molecule has 0 unspecified atom stereocenters. The lowest BCUT2D eigenvalue weighted by Crippen LogP contribution is -2.34. The fraction of sp³-hybridized carbons (Fsp3) is 0.294. The van der Waals surface area contributed by atoms with Gasteiger partial charge >= 0.3 is 5.97 Å². The molecule has 0 saturated heterocycles. The number of likely N-dealkylation sites (N-methyl/N-ethyl adjacent to an activating group) is 1. The van der Waals surface area contributed by atoms with Crippen molar-refractivity contribution in [1.29, 1.82) is 0 Å². The van der Waals surface area contributed by atoms with Crippen molar-refractivity contribution in [2.75, 3.05) is 20.2 Å². The van der Waals surface area contributed by atoms with Crippen LogP contribution in [0.25, 0.3) is 11.1 Å². The van der Waals surface area contributed by atoms with E-state index in [-0.39, 0.29) is 12.5 Å². The average molecular weight is 333 g/mol. The first kappa shape index (κ1) is 17.0. The number of carboxylic acid groups (broad SMARTS) is 1. The van der Waals surface area contributed by atoms with Gasteiger partial charge in [0.2, 0.25) is 0 Å². The Kier molecular flexibility index (Phi) is 5.39. The van der Waals surface area contributed by atoms with E-state index in [1.54, 1.807) is 14.0 Å². The Labute approximate surface area is 139 Å². The number of carbonyl (C=O) groups excluding carboxylic acids is 1. The van der Waals surface area contributed by atoms with Crippen LogP contribution in [0.2, 0.25) is 0 Å². The summed E-state index contributed by atoms with van der Waals surface area (Å²) in [7, 11) is 1.61. The van der Waals surface area contributed by atoms with E-state index < -0.39 is 5.97 Å². The number of aryl methyl sites for hydroxylation is 1. The number of rotatable bonds is 6. The van der Waals surface area contributed by atoms with Crippen molar-refractivity contribution in [3.05, 3.63) is 40.1 Å². The van der Waals surface area contributed by atoms with E-state index in [0.29, 0.717) is 11.4 Å². The van der Waals surface area contributed by atoms with Crippen molar-refractivity contribution in [1.82, 2.24) is 4.90 Å². The van der Waals surface area contributed by atoms with Crippen LogP contribution >= 0.6 is 11.3 Å². The number of thiophene rings is 1. The van der Waals surface area contributed by atoms with Crippen LogP contribution < -0.4 is 4.74 Å². The minimum Gasteiger partial charge on any atom is -0.497 e. The van der Waals surface area contributed by atoms with Crippen molar-refractivity contribution in [3.8, 4) is 16.9 Å². The number of amides is 1. The van der Waals surface area contributed by atoms with Gasteiger partial charge in [0.1, 0.15) is 12.3 Å². The van der Waals surface area contributed by atoms with Crippen molar-refractivity contribution < 1.29 is 19.4 Å². The van der Waals surface area contributed by atoms with E-state index in [2.05, 4.69) is 0 Å². The summed E-state index contributed by atoms with van der Waals surface area (Å²) in [6.45, 7) is 3.80. The minimum atomic E-state index is -1.01. The smallest absolute Gasteiger partial charge is 0.323 e.